The Labute approximate surface area is 282 Å². The molecule has 1 saturated heterocycles. The molecule has 12 heteroatoms. The second kappa shape index (κ2) is 13.2. The predicted octanol–water partition coefficient (Wildman–Crippen LogP) is 5.76. The Balaban J connectivity index is 1.06. The largest absolute Gasteiger partial charge is 0.396 e. The summed E-state index contributed by atoms with van der Waals surface area (Å²) in [6.45, 7) is 7.46. The van der Waals surface area contributed by atoms with Crippen molar-refractivity contribution in [1.29, 1.82) is 0 Å². The second-order valence-corrected chi connectivity index (χ2v) is 22.1. The minimum absolute atomic E-state index is 0.0801. The van der Waals surface area contributed by atoms with Crippen molar-refractivity contribution in [3.05, 3.63) is 88.7 Å². The van der Waals surface area contributed by atoms with E-state index in [-0.39, 0.29) is 46.4 Å². The van der Waals surface area contributed by atoms with E-state index in [9.17, 15) is 27.2 Å². The molecule has 1 aliphatic carbocycles. The number of nitrogens with zero attached hydrogens (tertiary/aromatic N) is 2. The zero-order valence-electron chi connectivity index (χ0n) is 27.6. The molecule has 3 aromatic carbocycles. The maximum absolute atomic E-state index is 14.0. The molecular weight excluding hydrogens is 650 g/mol. The lowest BCUT2D eigenvalue weighted by Gasteiger charge is -2.36. The lowest BCUT2D eigenvalue weighted by Crippen LogP contribution is -2.55. The van der Waals surface area contributed by atoms with Crippen molar-refractivity contribution in [1.82, 2.24) is 9.80 Å². The van der Waals surface area contributed by atoms with Gasteiger partial charge < -0.3 is 15.4 Å². The summed E-state index contributed by atoms with van der Waals surface area (Å²) in [5.41, 5.74) is 8.94. The Kier molecular flexibility index (Phi) is 9.36. The molecule has 2 heterocycles. The molecule has 9 nitrogen and oxygen atoms in total. The van der Waals surface area contributed by atoms with E-state index in [1.807, 2.05) is 18.2 Å². The zero-order chi connectivity index (χ0) is 34.4. The van der Waals surface area contributed by atoms with Gasteiger partial charge in [0.25, 0.3) is 11.8 Å². The third kappa shape index (κ3) is 6.97. The van der Waals surface area contributed by atoms with Crippen LogP contribution in [0, 0.1) is 11.7 Å². The molecule has 3 aliphatic rings. The third-order valence-electron chi connectivity index (χ3n) is 9.76. The van der Waals surface area contributed by atoms with Gasteiger partial charge in [-0.05, 0) is 96.7 Å². The quantitative estimate of drug-likeness (QED) is 0.117. The zero-order valence-corrected chi connectivity index (χ0v) is 29.4. The van der Waals surface area contributed by atoms with E-state index < -0.39 is 29.8 Å². The van der Waals surface area contributed by atoms with Crippen LogP contribution in [0.1, 0.15) is 58.6 Å². The number of benzene rings is 3. The number of amides is 3. The number of ether oxygens (including phenoxy) is 1. The van der Waals surface area contributed by atoms with Gasteiger partial charge >= 0.3 is 0 Å². The first-order valence-electron chi connectivity index (χ1n) is 16.5. The highest BCUT2D eigenvalue weighted by molar-refractivity contribution is 7.91. The van der Waals surface area contributed by atoms with E-state index in [0.29, 0.717) is 43.4 Å². The number of fused-ring (bicyclic) bond motifs is 1. The summed E-state index contributed by atoms with van der Waals surface area (Å²) in [6, 6.07) is 16.5. The topological polar surface area (TPSA) is 127 Å². The van der Waals surface area contributed by atoms with Gasteiger partial charge in [-0.2, -0.15) is 0 Å². The number of likely N-dealkylation sites (tertiary alicyclic amines) is 1. The molecule has 1 saturated carbocycles. The number of nitrogen functional groups attached to an aromatic ring is 1. The fourth-order valence-corrected chi connectivity index (χ4v) is 8.91. The average Bonchev–Trinajstić information content (AvgIpc) is 3.34. The van der Waals surface area contributed by atoms with Crippen LogP contribution in [0.2, 0.25) is 25.7 Å². The fourth-order valence-electron chi connectivity index (χ4n) is 6.81. The van der Waals surface area contributed by atoms with Crippen LogP contribution in [-0.4, -0.2) is 63.4 Å². The molecule has 3 aromatic rings. The average molecular weight is 692 g/mol. The highest BCUT2D eigenvalue weighted by Crippen LogP contribution is 2.44. The Morgan fingerprint density at radius 1 is 0.979 bits per heavy atom. The number of carbonyl (C=O) groups is 3. The Morgan fingerprint density at radius 2 is 1.73 bits per heavy atom. The smallest absolute Gasteiger partial charge is 0.255 e. The summed E-state index contributed by atoms with van der Waals surface area (Å²) in [7, 11) is -5.21. The van der Waals surface area contributed by atoms with Gasteiger partial charge in [-0.3, -0.25) is 19.3 Å². The van der Waals surface area contributed by atoms with Crippen LogP contribution in [-0.2, 0) is 37.1 Å². The van der Waals surface area contributed by atoms with E-state index in [0.717, 1.165) is 46.5 Å². The van der Waals surface area contributed by atoms with E-state index in [2.05, 4.69) is 25.7 Å². The molecular formula is C36H42FN3O6SSi. The number of sulfone groups is 1. The number of hydrogen-bond acceptors (Lipinski definition) is 7. The first kappa shape index (κ1) is 34.0. The summed E-state index contributed by atoms with van der Waals surface area (Å²) in [5, 5.41) is 0. The Hall–Kier alpha value is -3.87. The summed E-state index contributed by atoms with van der Waals surface area (Å²) in [5.74, 6) is -0.917. The van der Waals surface area contributed by atoms with Crippen LogP contribution in [0.4, 0.5) is 10.1 Å². The summed E-state index contributed by atoms with van der Waals surface area (Å²) < 4.78 is 46.0. The highest BCUT2D eigenvalue weighted by Gasteiger charge is 2.43. The number of rotatable bonds is 11. The summed E-state index contributed by atoms with van der Waals surface area (Å²) in [6.07, 6.45) is 3.06. The van der Waals surface area contributed by atoms with Crippen LogP contribution < -0.4 is 5.73 Å². The van der Waals surface area contributed by atoms with Gasteiger partial charge in [0.2, 0.25) is 15.7 Å². The van der Waals surface area contributed by atoms with Gasteiger partial charge in [-0.15, -0.1) is 0 Å². The lowest BCUT2D eigenvalue weighted by atomic mass is 9.69. The van der Waals surface area contributed by atoms with Crippen LogP contribution in [0.3, 0.4) is 0 Å². The van der Waals surface area contributed by atoms with Gasteiger partial charge in [-0.25, -0.2) is 12.8 Å². The number of nitrogens with two attached hydrogens (primary N) is 1. The molecule has 1 atom stereocenters. The molecule has 2 aliphatic heterocycles. The minimum Gasteiger partial charge on any atom is -0.396 e. The van der Waals surface area contributed by atoms with Crippen LogP contribution in [0.5, 0.6) is 0 Å². The van der Waals surface area contributed by atoms with E-state index >= 15 is 0 Å². The highest BCUT2D eigenvalue weighted by atomic mass is 32.2. The predicted molar refractivity (Wildman–Crippen MR) is 182 cm³/mol. The molecule has 0 radical (unpaired) electrons. The second-order valence-electron chi connectivity index (χ2n) is 14.5. The molecule has 3 amide bonds. The molecule has 0 aromatic heterocycles. The Morgan fingerprint density at radius 3 is 2.46 bits per heavy atom. The van der Waals surface area contributed by atoms with Crippen molar-refractivity contribution in [2.75, 3.05) is 19.1 Å². The van der Waals surface area contributed by atoms with Crippen molar-refractivity contribution in [3.8, 4) is 0 Å². The number of carbonyl (C=O) groups excluding carboxylic acids is 3. The molecule has 2 fully saturated rings. The monoisotopic (exact) mass is 691 g/mol. The number of halogens is 1. The van der Waals surface area contributed by atoms with Gasteiger partial charge in [0.05, 0.1) is 15.5 Å². The Bertz CT molecular complexity index is 1870. The lowest BCUT2D eigenvalue weighted by molar-refractivity contribution is -0.158. The molecule has 0 spiro atoms. The van der Waals surface area contributed by atoms with E-state index in [1.54, 1.807) is 17.0 Å². The first-order chi connectivity index (χ1) is 22.7. The van der Waals surface area contributed by atoms with Crippen molar-refractivity contribution in [2.24, 2.45) is 5.92 Å². The van der Waals surface area contributed by atoms with Gasteiger partial charge in [-0.1, -0.05) is 43.9 Å². The normalized spacial score (nSPS) is 21.4. The van der Waals surface area contributed by atoms with Crippen LogP contribution in [0.15, 0.2) is 70.5 Å². The number of imide groups is 1. The summed E-state index contributed by atoms with van der Waals surface area (Å²) in [4.78, 5) is 42.1. The number of piperidine rings is 1. The number of anilines is 1. The van der Waals surface area contributed by atoms with Crippen LogP contribution >= 0.6 is 0 Å². The standard InChI is InChI=1S/C36H42FN3O6SSi/c1-48(2,3)14-13-46-22-40-34(41)12-11-33(36(40)43)39-21-27-19-25(7-9-30(27)35(39)42)26-16-24(17-26)15-23-5-4-6-28(18-23)47(44,45)29-8-10-32(38)31(37)20-29/h4-10,18-20,24,26,33H,11-17,21-22,38H2,1-3H3. The third-order valence-corrected chi connectivity index (χ3v) is 13.2. The minimum atomic E-state index is -3.89. The SMILES string of the molecule is C[Si](C)(C)CCOCN1C(=O)CCC(N2Cc3cc(C4CC(Cc5cccc(S(=O)(=O)c6ccc(N)c(F)c6)c5)C4)ccc3C2=O)C1=O. The number of hydrogen-bond donors (Lipinski definition) is 1. The van der Waals surface area contributed by atoms with E-state index in [4.69, 9.17) is 10.5 Å². The molecule has 0 bridgehead atoms. The maximum atomic E-state index is 14.0. The van der Waals surface area contributed by atoms with Crippen molar-refractivity contribution in [2.45, 2.75) is 86.1 Å². The van der Waals surface area contributed by atoms with Crippen molar-refractivity contribution in [3.63, 3.8) is 0 Å². The van der Waals surface area contributed by atoms with Gasteiger partial charge in [0, 0.05) is 33.2 Å². The molecule has 6 rings (SSSR count). The maximum Gasteiger partial charge on any atom is 0.255 e. The molecule has 254 valence electrons. The van der Waals surface area contributed by atoms with Gasteiger partial charge in [0.15, 0.2) is 0 Å². The van der Waals surface area contributed by atoms with Crippen LogP contribution in [0.25, 0.3) is 0 Å². The first-order valence-corrected chi connectivity index (χ1v) is 21.6. The van der Waals surface area contributed by atoms with E-state index in [1.165, 1.54) is 18.2 Å². The molecule has 1 unspecified atom stereocenters. The fraction of sp³-hybridized carbons (Fsp3) is 0.417. The van der Waals surface area contributed by atoms with Gasteiger partial charge in [0.1, 0.15) is 18.6 Å². The van der Waals surface area contributed by atoms with Crippen molar-refractivity contribution < 1.29 is 31.9 Å². The molecule has 48 heavy (non-hydrogen) atoms. The summed E-state index contributed by atoms with van der Waals surface area (Å²) >= 11 is 0. The molecule has 2 N–H and O–H groups in total. The van der Waals surface area contributed by atoms with Crippen molar-refractivity contribution >= 4 is 41.3 Å².